The molecule has 0 bridgehead atoms. The third kappa shape index (κ3) is 4.27. The summed E-state index contributed by atoms with van der Waals surface area (Å²) in [5, 5.41) is 3.05. The molecule has 0 saturated heterocycles. The largest absolute Gasteiger partial charge is 0.398 e. The van der Waals surface area contributed by atoms with E-state index in [2.05, 4.69) is 12.2 Å². The predicted molar refractivity (Wildman–Crippen MR) is 78.7 cm³/mol. The fourth-order valence-corrected chi connectivity index (χ4v) is 2.93. The highest BCUT2D eigenvalue weighted by Gasteiger charge is 2.19. The Kier molecular flexibility index (Phi) is 4.83. The van der Waals surface area contributed by atoms with E-state index in [1.54, 1.807) is 0 Å². The number of nitrogens with one attached hydrogen (secondary N) is 1. The van der Waals surface area contributed by atoms with Gasteiger partial charge in [0.2, 0.25) is 5.91 Å². The van der Waals surface area contributed by atoms with Crippen molar-refractivity contribution < 1.29 is 4.79 Å². The summed E-state index contributed by atoms with van der Waals surface area (Å²) in [4.78, 5) is 11.9. The summed E-state index contributed by atoms with van der Waals surface area (Å²) < 4.78 is 0. The van der Waals surface area contributed by atoms with Gasteiger partial charge in [-0.05, 0) is 36.3 Å². The van der Waals surface area contributed by atoms with Gasteiger partial charge >= 0.3 is 0 Å². The van der Waals surface area contributed by atoms with Gasteiger partial charge in [0.25, 0.3) is 0 Å². The van der Waals surface area contributed by atoms with Crippen LogP contribution < -0.4 is 11.1 Å². The lowest BCUT2D eigenvalue weighted by molar-refractivity contribution is -0.120. The lowest BCUT2D eigenvalue weighted by Crippen LogP contribution is -2.32. The summed E-state index contributed by atoms with van der Waals surface area (Å²) >= 11 is 0. The Balaban J connectivity index is 1.77. The minimum absolute atomic E-state index is 0.0797. The summed E-state index contributed by atoms with van der Waals surface area (Å²) in [6, 6.07) is 7.56. The van der Waals surface area contributed by atoms with Crippen LogP contribution in [-0.2, 0) is 11.2 Å². The highest BCUT2D eigenvalue weighted by molar-refractivity contribution is 5.80. The number of nitrogen functional groups attached to an aromatic ring is 1. The SMILES string of the molecule is CC1CCCC(CNC(=O)Cc2ccccc2N)C1. The number of carbonyl (C=O) groups excluding carboxylic acids is 1. The van der Waals surface area contributed by atoms with Crippen molar-refractivity contribution in [3.63, 3.8) is 0 Å². The molecule has 1 aliphatic carbocycles. The van der Waals surface area contributed by atoms with Crippen LogP contribution in [0.25, 0.3) is 0 Å². The molecule has 104 valence electrons. The highest BCUT2D eigenvalue weighted by Crippen LogP contribution is 2.27. The van der Waals surface area contributed by atoms with Crippen molar-refractivity contribution in [3.8, 4) is 0 Å². The molecule has 2 atom stereocenters. The number of rotatable bonds is 4. The number of hydrogen-bond donors (Lipinski definition) is 2. The molecule has 0 spiro atoms. The zero-order valence-corrected chi connectivity index (χ0v) is 11.7. The molecule has 0 aromatic heterocycles. The van der Waals surface area contributed by atoms with E-state index in [1.165, 1.54) is 25.7 Å². The first-order chi connectivity index (χ1) is 9.15. The van der Waals surface area contributed by atoms with Crippen molar-refractivity contribution >= 4 is 11.6 Å². The van der Waals surface area contributed by atoms with Crippen molar-refractivity contribution in [1.82, 2.24) is 5.32 Å². The number of amides is 1. The molecule has 1 amide bonds. The van der Waals surface area contributed by atoms with Crippen molar-refractivity contribution in [1.29, 1.82) is 0 Å². The van der Waals surface area contributed by atoms with Gasteiger partial charge in [0.15, 0.2) is 0 Å². The smallest absolute Gasteiger partial charge is 0.224 e. The molecule has 3 heteroatoms. The maximum Gasteiger partial charge on any atom is 0.224 e. The summed E-state index contributed by atoms with van der Waals surface area (Å²) in [7, 11) is 0. The number of carbonyl (C=O) groups is 1. The van der Waals surface area contributed by atoms with Crippen LogP contribution in [0.2, 0.25) is 0 Å². The molecule has 1 aromatic rings. The first-order valence-electron chi connectivity index (χ1n) is 7.25. The first kappa shape index (κ1) is 13.9. The standard InChI is InChI=1S/C16H24N2O/c1-12-5-4-6-13(9-12)11-18-16(19)10-14-7-2-3-8-15(14)17/h2-3,7-8,12-13H,4-6,9-11,17H2,1H3,(H,18,19). The normalized spacial score (nSPS) is 23.0. The molecule has 2 rings (SSSR count). The number of para-hydroxylation sites is 1. The summed E-state index contributed by atoms with van der Waals surface area (Å²) in [6.45, 7) is 3.12. The fraction of sp³-hybridized carbons (Fsp3) is 0.562. The highest BCUT2D eigenvalue weighted by atomic mass is 16.1. The van der Waals surface area contributed by atoms with E-state index in [-0.39, 0.29) is 5.91 Å². The van der Waals surface area contributed by atoms with Gasteiger partial charge in [-0.25, -0.2) is 0 Å². The van der Waals surface area contributed by atoms with Crippen LogP contribution in [0.3, 0.4) is 0 Å². The molecular weight excluding hydrogens is 236 g/mol. The van der Waals surface area contributed by atoms with Crippen LogP contribution in [-0.4, -0.2) is 12.5 Å². The Bertz CT molecular complexity index is 431. The maximum atomic E-state index is 11.9. The Morgan fingerprint density at radius 1 is 1.37 bits per heavy atom. The number of nitrogens with two attached hydrogens (primary N) is 1. The Labute approximate surface area is 115 Å². The Morgan fingerprint density at radius 3 is 2.89 bits per heavy atom. The molecular formula is C16H24N2O. The molecule has 1 fully saturated rings. The fourth-order valence-electron chi connectivity index (χ4n) is 2.93. The second kappa shape index (κ2) is 6.60. The molecule has 0 heterocycles. The van der Waals surface area contributed by atoms with Gasteiger partial charge in [0.05, 0.1) is 6.42 Å². The van der Waals surface area contributed by atoms with E-state index in [0.29, 0.717) is 18.0 Å². The minimum atomic E-state index is 0.0797. The lowest BCUT2D eigenvalue weighted by atomic mass is 9.82. The number of benzene rings is 1. The Morgan fingerprint density at radius 2 is 2.16 bits per heavy atom. The maximum absolute atomic E-state index is 11.9. The number of hydrogen-bond acceptors (Lipinski definition) is 2. The third-order valence-corrected chi connectivity index (χ3v) is 4.04. The molecule has 3 N–H and O–H groups in total. The molecule has 3 nitrogen and oxygen atoms in total. The molecule has 0 radical (unpaired) electrons. The third-order valence-electron chi connectivity index (χ3n) is 4.04. The van der Waals surface area contributed by atoms with Gasteiger partial charge in [0.1, 0.15) is 0 Å². The number of anilines is 1. The van der Waals surface area contributed by atoms with Gasteiger partial charge in [-0.15, -0.1) is 0 Å². The van der Waals surface area contributed by atoms with Gasteiger partial charge in [-0.1, -0.05) is 38.0 Å². The van der Waals surface area contributed by atoms with Gasteiger partial charge < -0.3 is 11.1 Å². The molecule has 1 aromatic carbocycles. The molecule has 1 aliphatic rings. The molecule has 2 unspecified atom stereocenters. The van der Waals surface area contributed by atoms with Crippen molar-refractivity contribution in [2.24, 2.45) is 11.8 Å². The van der Waals surface area contributed by atoms with E-state index >= 15 is 0 Å². The lowest BCUT2D eigenvalue weighted by Gasteiger charge is -2.26. The van der Waals surface area contributed by atoms with E-state index in [9.17, 15) is 4.79 Å². The summed E-state index contributed by atoms with van der Waals surface area (Å²) in [5.74, 6) is 1.54. The second-order valence-corrected chi connectivity index (χ2v) is 5.82. The Hall–Kier alpha value is -1.51. The summed E-state index contributed by atoms with van der Waals surface area (Å²) in [6.07, 6.45) is 5.51. The van der Waals surface area contributed by atoms with Crippen molar-refractivity contribution in [2.45, 2.75) is 39.0 Å². The van der Waals surface area contributed by atoms with Gasteiger partial charge in [0, 0.05) is 12.2 Å². The monoisotopic (exact) mass is 260 g/mol. The molecule has 0 aliphatic heterocycles. The molecule has 19 heavy (non-hydrogen) atoms. The van der Waals surface area contributed by atoms with Crippen LogP contribution in [0, 0.1) is 11.8 Å². The quantitative estimate of drug-likeness (QED) is 0.818. The van der Waals surface area contributed by atoms with Crippen LogP contribution in [0.4, 0.5) is 5.69 Å². The van der Waals surface area contributed by atoms with Crippen molar-refractivity contribution in [3.05, 3.63) is 29.8 Å². The average Bonchev–Trinajstić information content (AvgIpc) is 2.39. The van der Waals surface area contributed by atoms with Gasteiger partial charge in [-0.2, -0.15) is 0 Å². The van der Waals surface area contributed by atoms with E-state index in [4.69, 9.17) is 5.73 Å². The van der Waals surface area contributed by atoms with Crippen LogP contribution in [0.1, 0.15) is 38.2 Å². The minimum Gasteiger partial charge on any atom is -0.398 e. The predicted octanol–water partition coefficient (Wildman–Crippen LogP) is 2.75. The van der Waals surface area contributed by atoms with Crippen LogP contribution in [0.15, 0.2) is 24.3 Å². The van der Waals surface area contributed by atoms with E-state index in [1.807, 2.05) is 24.3 Å². The molecule has 1 saturated carbocycles. The van der Waals surface area contributed by atoms with E-state index < -0.39 is 0 Å². The zero-order valence-electron chi connectivity index (χ0n) is 11.7. The van der Waals surface area contributed by atoms with Crippen LogP contribution in [0.5, 0.6) is 0 Å². The average molecular weight is 260 g/mol. The topological polar surface area (TPSA) is 55.1 Å². The summed E-state index contributed by atoms with van der Waals surface area (Å²) in [5.41, 5.74) is 7.46. The van der Waals surface area contributed by atoms with Gasteiger partial charge in [-0.3, -0.25) is 4.79 Å². The first-order valence-corrected chi connectivity index (χ1v) is 7.25. The zero-order chi connectivity index (χ0) is 13.7. The van der Waals surface area contributed by atoms with E-state index in [0.717, 1.165) is 18.0 Å². The van der Waals surface area contributed by atoms with Crippen molar-refractivity contribution in [2.75, 3.05) is 12.3 Å². The second-order valence-electron chi connectivity index (χ2n) is 5.82. The van der Waals surface area contributed by atoms with Crippen LogP contribution >= 0.6 is 0 Å².